The molecular formula is C23H29NO4. The van der Waals surface area contributed by atoms with Crippen molar-refractivity contribution in [1.29, 1.82) is 0 Å². The average molecular weight is 383 g/mol. The summed E-state index contributed by atoms with van der Waals surface area (Å²) in [5.41, 5.74) is 3.55. The van der Waals surface area contributed by atoms with E-state index in [2.05, 4.69) is 4.90 Å². The zero-order chi connectivity index (χ0) is 19.6. The Kier molecular flexibility index (Phi) is 8.06. The number of ether oxygens (including phenoxy) is 2. The number of hydrogen-bond donors (Lipinski definition) is 2. The highest BCUT2D eigenvalue weighted by Crippen LogP contribution is 2.18. The molecule has 0 aliphatic carbocycles. The first-order valence-electron chi connectivity index (χ1n) is 9.83. The van der Waals surface area contributed by atoms with Crippen molar-refractivity contribution < 1.29 is 19.7 Å². The van der Waals surface area contributed by atoms with E-state index in [4.69, 9.17) is 9.47 Å². The first kappa shape index (κ1) is 20.6. The molecule has 1 heterocycles. The summed E-state index contributed by atoms with van der Waals surface area (Å²) in [6.07, 6.45) is 5.02. The van der Waals surface area contributed by atoms with Gasteiger partial charge in [0, 0.05) is 19.6 Å². The maximum absolute atomic E-state index is 9.42. The molecule has 0 saturated carbocycles. The van der Waals surface area contributed by atoms with Gasteiger partial charge >= 0.3 is 0 Å². The van der Waals surface area contributed by atoms with E-state index in [0.29, 0.717) is 6.61 Å². The van der Waals surface area contributed by atoms with Crippen LogP contribution in [0.25, 0.3) is 12.2 Å². The molecule has 1 fully saturated rings. The summed E-state index contributed by atoms with van der Waals surface area (Å²) in [7, 11) is 0. The van der Waals surface area contributed by atoms with Crippen LogP contribution in [0.15, 0.2) is 42.5 Å². The molecular weight excluding hydrogens is 354 g/mol. The summed E-state index contributed by atoms with van der Waals surface area (Å²) in [5.74, 6) is 0.871. The fourth-order valence-electron chi connectivity index (χ4n) is 3.25. The third-order valence-corrected chi connectivity index (χ3v) is 4.89. The third kappa shape index (κ3) is 6.17. The van der Waals surface area contributed by atoms with Gasteiger partial charge in [-0.1, -0.05) is 36.4 Å². The van der Waals surface area contributed by atoms with Gasteiger partial charge in [-0.3, -0.25) is 4.90 Å². The molecule has 0 atom stereocenters. The number of rotatable bonds is 9. The van der Waals surface area contributed by atoms with Crippen LogP contribution in [0.4, 0.5) is 0 Å². The largest absolute Gasteiger partial charge is 0.494 e. The van der Waals surface area contributed by atoms with Crippen LogP contribution in [-0.4, -0.2) is 54.6 Å². The van der Waals surface area contributed by atoms with Crippen molar-refractivity contribution in [3.05, 3.63) is 64.7 Å². The lowest BCUT2D eigenvalue weighted by atomic mass is 10.0. The topological polar surface area (TPSA) is 62.2 Å². The van der Waals surface area contributed by atoms with Crippen LogP contribution in [0, 0.1) is 0 Å². The third-order valence-electron chi connectivity index (χ3n) is 4.89. The summed E-state index contributed by atoms with van der Waals surface area (Å²) in [6, 6.07) is 13.7. The number of aliphatic hydroxyl groups excluding tert-OH is 2. The van der Waals surface area contributed by atoms with E-state index in [0.717, 1.165) is 67.3 Å². The zero-order valence-corrected chi connectivity index (χ0v) is 16.2. The molecule has 5 heteroatoms. The molecule has 0 spiro atoms. The Labute approximate surface area is 166 Å². The van der Waals surface area contributed by atoms with Crippen molar-refractivity contribution in [3.8, 4) is 5.75 Å². The molecule has 1 saturated heterocycles. The molecule has 1 aliphatic rings. The Hall–Kier alpha value is -2.18. The van der Waals surface area contributed by atoms with Crippen molar-refractivity contribution >= 4 is 12.2 Å². The van der Waals surface area contributed by atoms with Gasteiger partial charge < -0.3 is 19.7 Å². The van der Waals surface area contributed by atoms with Gasteiger partial charge in [-0.2, -0.15) is 0 Å². The first-order valence-corrected chi connectivity index (χ1v) is 9.83. The molecule has 0 unspecified atom stereocenters. The van der Waals surface area contributed by atoms with E-state index in [-0.39, 0.29) is 13.2 Å². The smallest absolute Gasteiger partial charge is 0.119 e. The second kappa shape index (κ2) is 11.0. The van der Waals surface area contributed by atoms with Gasteiger partial charge in [0.15, 0.2) is 0 Å². The second-order valence-electron chi connectivity index (χ2n) is 6.91. The number of aliphatic hydroxyl groups is 2. The van der Waals surface area contributed by atoms with E-state index in [1.165, 1.54) is 0 Å². The average Bonchev–Trinajstić information content (AvgIpc) is 2.76. The van der Waals surface area contributed by atoms with Gasteiger partial charge in [0.1, 0.15) is 5.75 Å². The Morgan fingerprint density at radius 3 is 2.43 bits per heavy atom. The normalized spacial score (nSPS) is 15.2. The van der Waals surface area contributed by atoms with Crippen molar-refractivity contribution in [3.63, 3.8) is 0 Å². The first-order chi connectivity index (χ1) is 13.8. The lowest BCUT2D eigenvalue weighted by Gasteiger charge is -2.26. The molecule has 0 bridgehead atoms. The summed E-state index contributed by atoms with van der Waals surface area (Å²) < 4.78 is 11.3. The van der Waals surface area contributed by atoms with Gasteiger partial charge in [-0.15, -0.1) is 0 Å². The summed E-state index contributed by atoms with van der Waals surface area (Å²) >= 11 is 0. The lowest BCUT2D eigenvalue weighted by Crippen LogP contribution is -2.37. The Morgan fingerprint density at radius 2 is 1.68 bits per heavy atom. The lowest BCUT2D eigenvalue weighted by molar-refractivity contribution is 0.0358. The van der Waals surface area contributed by atoms with Gasteiger partial charge in [-0.25, -0.2) is 0 Å². The molecule has 1 aliphatic heterocycles. The molecule has 0 radical (unpaired) electrons. The Bertz CT molecular complexity index is 769. The fourth-order valence-corrected chi connectivity index (χ4v) is 3.25. The standard InChI is InChI=1S/C23H29NO4/c25-17-21-8-7-20(15-22(21)18-26)6-5-19-3-1-4-23(16-19)28-12-2-9-24-10-13-27-14-11-24/h1,3-8,15-16,25-26H,2,9-14,17-18H2/b6-5+. The molecule has 0 amide bonds. The maximum atomic E-state index is 9.42. The van der Waals surface area contributed by atoms with Crippen molar-refractivity contribution in [2.75, 3.05) is 39.5 Å². The van der Waals surface area contributed by atoms with Crippen LogP contribution in [0.3, 0.4) is 0 Å². The number of hydrogen-bond acceptors (Lipinski definition) is 5. The number of benzene rings is 2. The molecule has 3 rings (SSSR count). The highest BCUT2D eigenvalue weighted by atomic mass is 16.5. The van der Waals surface area contributed by atoms with Crippen LogP contribution in [0.1, 0.15) is 28.7 Å². The zero-order valence-electron chi connectivity index (χ0n) is 16.2. The van der Waals surface area contributed by atoms with Crippen molar-refractivity contribution in [2.45, 2.75) is 19.6 Å². The molecule has 2 N–H and O–H groups in total. The van der Waals surface area contributed by atoms with Crippen LogP contribution >= 0.6 is 0 Å². The molecule has 150 valence electrons. The maximum Gasteiger partial charge on any atom is 0.119 e. The van der Waals surface area contributed by atoms with E-state index in [1.807, 2.05) is 54.6 Å². The van der Waals surface area contributed by atoms with Gasteiger partial charge in [0.2, 0.25) is 0 Å². The second-order valence-corrected chi connectivity index (χ2v) is 6.91. The quantitative estimate of drug-likeness (QED) is 0.515. The summed E-state index contributed by atoms with van der Waals surface area (Å²) in [5, 5.41) is 18.7. The predicted molar refractivity (Wildman–Crippen MR) is 111 cm³/mol. The summed E-state index contributed by atoms with van der Waals surface area (Å²) in [4.78, 5) is 2.41. The van der Waals surface area contributed by atoms with Crippen molar-refractivity contribution in [2.24, 2.45) is 0 Å². The summed E-state index contributed by atoms with van der Waals surface area (Å²) in [6.45, 7) is 5.29. The molecule has 2 aromatic carbocycles. The van der Waals surface area contributed by atoms with Crippen molar-refractivity contribution in [1.82, 2.24) is 4.90 Å². The number of nitrogens with zero attached hydrogens (tertiary/aromatic N) is 1. The van der Waals surface area contributed by atoms with Gasteiger partial charge in [-0.05, 0) is 46.9 Å². The van der Waals surface area contributed by atoms with Crippen LogP contribution in [-0.2, 0) is 18.0 Å². The minimum absolute atomic E-state index is 0.0647. The number of morpholine rings is 1. The van der Waals surface area contributed by atoms with Crippen LogP contribution in [0.5, 0.6) is 5.75 Å². The van der Waals surface area contributed by atoms with Gasteiger partial charge in [0.05, 0.1) is 33.0 Å². The Morgan fingerprint density at radius 1 is 0.929 bits per heavy atom. The highest BCUT2D eigenvalue weighted by molar-refractivity contribution is 5.70. The fraction of sp³-hybridized carbons (Fsp3) is 0.391. The Balaban J connectivity index is 1.52. The van der Waals surface area contributed by atoms with Crippen LogP contribution in [0.2, 0.25) is 0 Å². The molecule has 28 heavy (non-hydrogen) atoms. The predicted octanol–water partition coefficient (Wildman–Crippen LogP) is 2.94. The SMILES string of the molecule is OCc1ccc(/C=C/c2cccc(OCCCN3CCOCC3)c2)cc1CO. The highest BCUT2D eigenvalue weighted by Gasteiger charge is 2.09. The van der Waals surface area contributed by atoms with E-state index in [1.54, 1.807) is 0 Å². The minimum atomic E-state index is -0.0780. The van der Waals surface area contributed by atoms with E-state index < -0.39 is 0 Å². The molecule has 5 nitrogen and oxygen atoms in total. The van der Waals surface area contributed by atoms with Crippen LogP contribution < -0.4 is 4.74 Å². The molecule has 0 aromatic heterocycles. The van der Waals surface area contributed by atoms with E-state index >= 15 is 0 Å². The monoisotopic (exact) mass is 383 g/mol. The van der Waals surface area contributed by atoms with Gasteiger partial charge in [0.25, 0.3) is 0 Å². The minimum Gasteiger partial charge on any atom is -0.494 e. The molecule has 2 aromatic rings. The van der Waals surface area contributed by atoms with E-state index in [9.17, 15) is 10.2 Å².